The van der Waals surface area contributed by atoms with Gasteiger partial charge in [0.05, 0.1) is 17.3 Å². The topological polar surface area (TPSA) is 55.8 Å². The van der Waals surface area contributed by atoms with Crippen molar-refractivity contribution < 1.29 is 19.4 Å². The fourth-order valence-corrected chi connectivity index (χ4v) is 2.38. The lowest BCUT2D eigenvalue weighted by atomic mass is 9.96. The molecule has 0 bridgehead atoms. The largest absolute Gasteiger partial charge is 0.459 e. The van der Waals surface area contributed by atoms with Gasteiger partial charge in [0.25, 0.3) is 0 Å². The summed E-state index contributed by atoms with van der Waals surface area (Å²) >= 11 is 0. The van der Waals surface area contributed by atoms with E-state index in [1.807, 2.05) is 19.9 Å². The second kappa shape index (κ2) is 5.54. The van der Waals surface area contributed by atoms with E-state index >= 15 is 0 Å². The van der Waals surface area contributed by atoms with Crippen LogP contribution in [0.4, 0.5) is 0 Å². The predicted molar refractivity (Wildman–Crippen MR) is 75.5 cm³/mol. The van der Waals surface area contributed by atoms with Gasteiger partial charge in [-0.05, 0) is 45.7 Å². The molecule has 1 aliphatic rings. The van der Waals surface area contributed by atoms with E-state index in [9.17, 15) is 9.90 Å². The minimum absolute atomic E-state index is 0.0680. The predicted octanol–water partition coefficient (Wildman–Crippen LogP) is 2.55. The van der Waals surface area contributed by atoms with Gasteiger partial charge < -0.3 is 14.6 Å². The lowest BCUT2D eigenvalue weighted by Gasteiger charge is -2.30. The van der Waals surface area contributed by atoms with Crippen molar-refractivity contribution in [1.29, 1.82) is 0 Å². The fraction of sp³-hybridized carbons (Fsp3) is 0.562. The molecule has 20 heavy (non-hydrogen) atoms. The van der Waals surface area contributed by atoms with Crippen molar-refractivity contribution in [2.75, 3.05) is 6.61 Å². The maximum atomic E-state index is 11.9. The second-order valence-electron chi connectivity index (χ2n) is 6.20. The average molecular weight is 278 g/mol. The highest BCUT2D eigenvalue weighted by atomic mass is 16.6. The van der Waals surface area contributed by atoms with E-state index in [1.165, 1.54) is 0 Å². The summed E-state index contributed by atoms with van der Waals surface area (Å²) in [5, 5.41) is 10.4. The normalized spacial score (nSPS) is 24.1. The Bertz CT molecular complexity index is 465. The van der Waals surface area contributed by atoms with E-state index < -0.39 is 11.6 Å². The average Bonchev–Trinajstić information content (AvgIpc) is 2.78. The number of esters is 1. The number of benzene rings is 1. The summed E-state index contributed by atoms with van der Waals surface area (Å²) in [6.07, 6.45) is 1.35. The van der Waals surface area contributed by atoms with Gasteiger partial charge in [0, 0.05) is 0 Å². The van der Waals surface area contributed by atoms with E-state index in [-0.39, 0.29) is 18.3 Å². The summed E-state index contributed by atoms with van der Waals surface area (Å²) in [5.41, 5.74) is -0.910. The molecule has 1 fully saturated rings. The van der Waals surface area contributed by atoms with Crippen LogP contribution in [-0.4, -0.2) is 35.0 Å². The number of hydrogen-bond acceptors (Lipinski definition) is 4. The van der Waals surface area contributed by atoms with Crippen LogP contribution in [0.25, 0.3) is 0 Å². The highest BCUT2D eigenvalue weighted by Gasteiger charge is 2.43. The molecule has 110 valence electrons. The van der Waals surface area contributed by atoms with E-state index in [0.717, 1.165) is 12.8 Å². The molecule has 1 saturated heterocycles. The summed E-state index contributed by atoms with van der Waals surface area (Å²) < 4.78 is 11.0. The number of hydrogen-bond donors (Lipinski definition) is 1. The van der Waals surface area contributed by atoms with Crippen LogP contribution in [0.2, 0.25) is 0 Å². The Morgan fingerprint density at radius 2 is 2.10 bits per heavy atom. The Hall–Kier alpha value is -1.39. The van der Waals surface area contributed by atoms with Crippen molar-refractivity contribution in [2.45, 2.75) is 50.9 Å². The van der Waals surface area contributed by atoms with Gasteiger partial charge in [0.2, 0.25) is 0 Å². The lowest BCUT2D eigenvalue weighted by Crippen LogP contribution is -2.45. The molecule has 1 aromatic carbocycles. The molecule has 1 aromatic rings. The number of ether oxygens (including phenoxy) is 2. The highest BCUT2D eigenvalue weighted by molar-refractivity contribution is 5.89. The van der Waals surface area contributed by atoms with Gasteiger partial charge in [0.15, 0.2) is 0 Å². The first-order valence-electron chi connectivity index (χ1n) is 6.93. The molecular formula is C16H22O4. The highest BCUT2D eigenvalue weighted by Crippen LogP contribution is 2.35. The molecule has 1 aliphatic heterocycles. The molecule has 2 rings (SSSR count). The zero-order valence-corrected chi connectivity index (χ0v) is 12.3. The maximum absolute atomic E-state index is 11.9. The maximum Gasteiger partial charge on any atom is 0.338 e. The van der Waals surface area contributed by atoms with Gasteiger partial charge in [-0.15, -0.1) is 0 Å². The zero-order valence-electron chi connectivity index (χ0n) is 12.3. The monoisotopic (exact) mass is 278 g/mol. The third-order valence-electron chi connectivity index (χ3n) is 3.67. The first kappa shape index (κ1) is 15.0. The molecule has 0 amide bonds. The van der Waals surface area contributed by atoms with Crippen LogP contribution in [0.5, 0.6) is 0 Å². The van der Waals surface area contributed by atoms with E-state index in [2.05, 4.69) is 0 Å². The van der Waals surface area contributed by atoms with Crippen molar-refractivity contribution >= 4 is 5.97 Å². The molecule has 2 atom stereocenters. The van der Waals surface area contributed by atoms with Gasteiger partial charge in [-0.1, -0.05) is 18.2 Å². The molecule has 0 aromatic heterocycles. The fourth-order valence-electron chi connectivity index (χ4n) is 2.38. The van der Waals surface area contributed by atoms with Gasteiger partial charge in [-0.2, -0.15) is 0 Å². The Morgan fingerprint density at radius 1 is 1.45 bits per heavy atom. The Morgan fingerprint density at radius 3 is 2.65 bits per heavy atom. The minimum atomic E-state index is -1.17. The lowest BCUT2D eigenvalue weighted by molar-refractivity contribution is -0.137. The molecule has 0 radical (unpaired) electrons. The van der Waals surface area contributed by atoms with Crippen LogP contribution >= 0.6 is 0 Å². The third-order valence-corrected chi connectivity index (χ3v) is 3.67. The van der Waals surface area contributed by atoms with E-state index in [1.54, 1.807) is 31.2 Å². The van der Waals surface area contributed by atoms with Crippen LogP contribution in [0.1, 0.15) is 44.0 Å². The number of aliphatic hydroxyl groups is 1. The van der Waals surface area contributed by atoms with Crippen molar-refractivity contribution in [3.63, 3.8) is 0 Å². The number of rotatable bonds is 4. The van der Waals surface area contributed by atoms with Crippen LogP contribution in [0.15, 0.2) is 30.3 Å². The Kier molecular flexibility index (Phi) is 4.16. The molecule has 0 spiro atoms. The van der Waals surface area contributed by atoms with Crippen molar-refractivity contribution in [1.82, 2.24) is 0 Å². The zero-order chi connectivity index (χ0) is 14.8. The van der Waals surface area contributed by atoms with Gasteiger partial charge >= 0.3 is 5.97 Å². The standard InChI is InChI=1S/C16H22O4/c1-15(2)10-9-13(20-15)16(3,18)11-19-14(17)12-7-5-4-6-8-12/h4-8,13,18H,9-11H2,1-3H3/t13-,16+/m1/s1. The number of carbonyl (C=O) groups is 1. The first-order chi connectivity index (χ1) is 9.30. The molecule has 1 N–H and O–H groups in total. The summed E-state index contributed by atoms with van der Waals surface area (Å²) in [5.74, 6) is -0.428. The second-order valence-corrected chi connectivity index (χ2v) is 6.20. The Balaban J connectivity index is 1.91. The van der Waals surface area contributed by atoms with Crippen LogP contribution in [0, 0.1) is 0 Å². The van der Waals surface area contributed by atoms with Gasteiger partial charge in [-0.25, -0.2) is 4.79 Å². The van der Waals surface area contributed by atoms with E-state index in [0.29, 0.717) is 5.56 Å². The quantitative estimate of drug-likeness (QED) is 0.860. The summed E-state index contributed by atoms with van der Waals surface area (Å²) in [7, 11) is 0. The third kappa shape index (κ3) is 3.58. The van der Waals surface area contributed by atoms with Crippen molar-refractivity contribution in [3.8, 4) is 0 Å². The molecule has 0 saturated carbocycles. The van der Waals surface area contributed by atoms with Crippen LogP contribution in [0.3, 0.4) is 0 Å². The van der Waals surface area contributed by atoms with Crippen molar-refractivity contribution in [2.24, 2.45) is 0 Å². The summed E-state index contributed by atoms with van der Waals surface area (Å²) in [4.78, 5) is 11.9. The summed E-state index contributed by atoms with van der Waals surface area (Å²) in [6.45, 7) is 5.58. The minimum Gasteiger partial charge on any atom is -0.459 e. The molecule has 0 aliphatic carbocycles. The van der Waals surface area contributed by atoms with Gasteiger partial charge in [-0.3, -0.25) is 0 Å². The Labute approximate surface area is 119 Å². The molecule has 1 heterocycles. The number of carbonyl (C=O) groups excluding carboxylic acids is 1. The van der Waals surface area contributed by atoms with E-state index in [4.69, 9.17) is 9.47 Å². The molecule has 4 nitrogen and oxygen atoms in total. The smallest absolute Gasteiger partial charge is 0.338 e. The summed E-state index contributed by atoms with van der Waals surface area (Å²) in [6, 6.07) is 8.76. The molecular weight excluding hydrogens is 256 g/mol. The van der Waals surface area contributed by atoms with Crippen LogP contribution in [-0.2, 0) is 9.47 Å². The van der Waals surface area contributed by atoms with Crippen molar-refractivity contribution in [3.05, 3.63) is 35.9 Å². The van der Waals surface area contributed by atoms with Gasteiger partial charge in [0.1, 0.15) is 12.2 Å². The SMILES string of the molecule is CC1(C)CC[C@H]([C@@](C)(O)COC(=O)c2ccccc2)O1. The molecule has 4 heteroatoms. The first-order valence-corrected chi connectivity index (χ1v) is 6.93. The van der Waals surface area contributed by atoms with Crippen LogP contribution < -0.4 is 0 Å². The molecule has 0 unspecified atom stereocenters.